The van der Waals surface area contributed by atoms with Gasteiger partial charge in [0.05, 0.1) is 11.6 Å². The van der Waals surface area contributed by atoms with Crippen molar-refractivity contribution in [2.75, 3.05) is 19.6 Å². The van der Waals surface area contributed by atoms with Gasteiger partial charge in [0, 0.05) is 13.0 Å². The maximum atomic E-state index is 13.4. The molecule has 0 radical (unpaired) electrons. The highest BCUT2D eigenvalue weighted by Gasteiger charge is 2.38. The second-order valence-electron chi connectivity index (χ2n) is 7.42. The normalized spacial score (nSPS) is 22.4. The second-order valence-corrected chi connectivity index (χ2v) is 7.42. The summed E-state index contributed by atoms with van der Waals surface area (Å²) in [6.45, 7) is 2.54. The lowest BCUT2D eigenvalue weighted by molar-refractivity contribution is -0.142. The zero-order chi connectivity index (χ0) is 18.6. The van der Waals surface area contributed by atoms with Gasteiger partial charge in [-0.1, -0.05) is 18.2 Å². The molecule has 1 atom stereocenters. The van der Waals surface area contributed by atoms with Crippen LogP contribution in [0.25, 0.3) is 0 Å². The molecular formula is C20H27F3N2O. The lowest BCUT2D eigenvalue weighted by Gasteiger charge is -2.37. The van der Waals surface area contributed by atoms with Gasteiger partial charge in [0.25, 0.3) is 0 Å². The highest BCUT2D eigenvalue weighted by Crippen LogP contribution is 2.40. The van der Waals surface area contributed by atoms with E-state index in [1.807, 2.05) is 0 Å². The van der Waals surface area contributed by atoms with E-state index in [-0.39, 0.29) is 11.5 Å². The van der Waals surface area contributed by atoms with Crippen molar-refractivity contribution in [3.8, 4) is 0 Å². The topological polar surface area (TPSA) is 32.3 Å². The standard InChI is InChI=1S/C20H27F3N2O/c21-20(22,23)17-6-2-1-5-16(17)18-7-3-4-14-25(18)19(26)9-8-15-10-12-24-13-11-15/h1-2,5-6,15,18,24H,3-4,7-14H2. The van der Waals surface area contributed by atoms with Gasteiger partial charge in [-0.05, 0) is 69.2 Å². The molecule has 1 amide bonds. The van der Waals surface area contributed by atoms with Crippen LogP contribution in [-0.4, -0.2) is 30.4 Å². The van der Waals surface area contributed by atoms with E-state index in [1.165, 1.54) is 12.1 Å². The number of amides is 1. The molecular weight excluding hydrogens is 341 g/mol. The molecule has 1 N–H and O–H groups in total. The summed E-state index contributed by atoms with van der Waals surface area (Å²) in [6.07, 6.45) is 1.37. The van der Waals surface area contributed by atoms with Crippen molar-refractivity contribution in [2.24, 2.45) is 5.92 Å². The molecule has 0 spiro atoms. The van der Waals surface area contributed by atoms with Gasteiger partial charge in [-0.3, -0.25) is 4.79 Å². The Morgan fingerprint density at radius 3 is 2.58 bits per heavy atom. The smallest absolute Gasteiger partial charge is 0.336 e. The van der Waals surface area contributed by atoms with Crippen molar-refractivity contribution in [1.29, 1.82) is 0 Å². The van der Waals surface area contributed by atoms with E-state index in [9.17, 15) is 18.0 Å². The van der Waals surface area contributed by atoms with E-state index in [0.717, 1.165) is 51.3 Å². The first-order valence-electron chi connectivity index (χ1n) is 9.63. The maximum Gasteiger partial charge on any atom is 0.416 e. The molecule has 6 heteroatoms. The van der Waals surface area contributed by atoms with Crippen LogP contribution in [0.4, 0.5) is 13.2 Å². The number of halogens is 3. The molecule has 2 heterocycles. The first-order chi connectivity index (χ1) is 12.5. The number of piperidine rings is 2. The van der Waals surface area contributed by atoms with Gasteiger partial charge < -0.3 is 10.2 Å². The molecule has 3 rings (SSSR count). The van der Waals surface area contributed by atoms with E-state index >= 15 is 0 Å². The number of nitrogens with zero attached hydrogens (tertiary/aromatic N) is 1. The zero-order valence-corrected chi connectivity index (χ0v) is 15.0. The minimum atomic E-state index is -4.39. The van der Waals surface area contributed by atoms with Crippen LogP contribution in [0.3, 0.4) is 0 Å². The number of hydrogen-bond donors (Lipinski definition) is 1. The fourth-order valence-corrected chi connectivity index (χ4v) is 4.24. The summed E-state index contributed by atoms with van der Waals surface area (Å²) in [6, 6.07) is 5.25. The Labute approximate surface area is 152 Å². The van der Waals surface area contributed by atoms with Crippen molar-refractivity contribution in [2.45, 2.75) is 57.2 Å². The molecule has 0 saturated carbocycles. The van der Waals surface area contributed by atoms with Gasteiger partial charge in [0.2, 0.25) is 5.91 Å². The SMILES string of the molecule is O=C(CCC1CCNCC1)N1CCCCC1c1ccccc1C(F)(F)F. The van der Waals surface area contributed by atoms with E-state index in [4.69, 9.17) is 0 Å². The number of likely N-dealkylation sites (tertiary alicyclic amines) is 1. The molecule has 1 unspecified atom stereocenters. The van der Waals surface area contributed by atoms with Crippen LogP contribution in [0.5, 0.6) is 0 Å². The van der Waals surface area contributed by atoms with Crippen LogP contribution in [0.2, 0.25) is 0 Å². The molecule has 2 fully saturated rings. The Bertz CT molecular complexity index is 611. The molecule has 2 aliphatic rings. The number of carbonyl (C=O) groups excluding carboxylic acids is 1. The molecule has 2 aliphatic heterocycles. The lowest BCUT2D eigenvalue weighted by atomic mass is 9.90. The van der Waals surface area contributed by atoms with Gasteiger partial charge in [-0.2, -0.15) is 13.2 Å². The molecule has 1 aromatic rings. The Hall–Kier alpha value is -1.56. The molecule has 0 bridgehead atoms. The third-order valence-electron chi connectivity index (χ3n) is 5.67. The number of alkyl halides is 3. The van der Waals surface area contributed by atoms with E-state index in [2.05, 4.69) is 5.32 Å². The summed E-state index contributed by atoms with van der Waals surface area (Å²) in [7, 11) is 0. The maximum absolute atomic E-state index is 13.4. The minimum Gasteiger partial charge on any atom is -0.336 e. The van der Waals surface area contributed by atoms with Crippen LogP contribution >= 0.6 is 0 Å². The van der Waals surface area contributed by atoms with Crippen LogP contribution in [0.1, 0.15) is 62.1 Å². The van der Waals surface area contributed by atoms with Gasteiger partial charge in [-0.15, -0.1) is 0 Å². The highest BCUT2D eigenvalue weighted by atomic mass is 19.4. The predicted octanol–water partition coefficient (Wildman–Crippen LogP) is 4.54. The molecule has 3 nitrogen and oxygen atoms in total. The average Bonchev–Trinajstić information content (AvgIpc) is 2.66. The van der Waals surface area contributed by atoms with Crippen LogP contribution in [0, 0.1) is 5.92 Å². The fourth-order valence-electron chi connectivity index (χ4n) is 4.24. The van der Waals surface area contributed by atoms with Crippen LogP contribution in [0.15, 0.2) is 24.3 Å². The highest BCUT2D eigenvalue weighted by molar-refractivity contribution is 5.77. The summed E-state index contributed by atoms with van der Waals surface area (Å²) in [4.78, 5) is 14.5. The minimum absolute atomic E-state index is 0.00482. The number of carbonyl (C=O) groups is 1. The average molecular weight is 368 g/mol. The van der Waals surface area contributed by atoms with Crippen molar-refractivity contribution in [3.05, 3.63) is 35.4 Å². The van der Waals surface area contributed by atoms with E-state index in [0.29, 0.717) is 25.3 Å². The summed E-state index contributed by atoms with van der Waals surface area (Å²) in [5.74, 6) is 0.552. The summed E-state index contributed by atoms with van der Waals surface area (Å²) in [5.41, 5.74) is -0.363. The molecule has 0 aliphatic carbocycles. The number of nitrogens with one attached hydrogen (secondary N) is 1. The van der Waals surface area contributed by atoms with E-state index < -0.39 is 17.8 Å². The fraction of sp³-hybridized carbons (Fsp3) is 0.650. The zero-order valence-electron chi connectivity index (χ0n) is 15.0. The first kappa shape index (κ1) is 19.2. The second kappa shape index (κ2) is 8.42. The van der Waals surface area contributed by atoms with Gasteiger partial charge >= 0.3 is 6.18 Å². The number of benzene rings is 1. The monoisotopic (exact) mass is 368 g/mol. The van der Waals surface area contributed by atoms with Gasteiger partial charge in [-0.25, -0.2) is 0 Å². The Balaban J connectivity index is 1.73. The van der Waals surface area contributed by atoms with Crippen LogP contribution < -0.4 is 5.32 Å². The first-order valence-corrected chi connectivity index (χ1v) is 9.63. The van der Waals surface area contributed by atoms with Crippen molar-refractivity contribution in [3.63, 3.8) is 0 Å². The Morgan fingerprint density at radius 2 is 1.85 bits per heavy atom. The molecule has 2 saturated heterocycles. The lowest BCUT2D eigenvalue weighted by Crippen LogP contribution is -2.39. The third kappa shape index (κ3) is 4.58. The molecule has 26 heavy (non-hydrogen) atoms. The molecule has 1 aromatic carbocycles. The van der Waals surface area contributed by atoms with Gasteiger partial charge in [0.1, 0.15) is 0 Å². The summed E-state index contributed by atoms with van der Waals surface area (Å²) in [5, 5.41) is 3.31. The van der Waals surface area contributed by atoms with Crippen molar-refractivity contribution < 1.29 is 18.0 Å². The Morgan fingerprint density at radius 1 is 1.12 bits per heavy atom. The quantitative estimate of drug-likeness (QED) is 0.846. The van der Waals surface area contributed by atoms with Gasteiger partial charge in [0.15, 0.2) is 0 Å². The van der Waals surface area contributed by atoms with E-state index in [1.54, 1.807) is 11.0 Å². The van der Waals surface area contributed by atoms with Crippen molar-refractivity contribution >= 4 is 5.91 Å². The molecule has 144 valence electrons. The summed E-state index contributed by atoms with van der Waals surface area (Å²) >= 11 is 0. The largest absolute Gasteiger partial charge is 0.416 e. The number of rotatable bonds is 4. The summed E-state index contributed by atoms with van der Waals surface area (Å²) < 4.78 is 40.2. The predicted molar refractivity (Wildman–Crippen MR) is 94.6 cm³/mol. The number of hydrogen-bond acceptors (Lipinski definition) is 2. The van der Waals surface area contributed by atoms with Crippen LogP contribution in [-0.2, 0) is 11.0 Å². The molecule has 0 aromatic heterocycles. The Kier molecular flexibility index (Phi) is 6.22. The van der Waals surface area contributed by atoms with Crippen molar-refractivity contribution in [1.82, 2.24) is 10.2 Å². The third-order valence-corrected chi connectivity index (χ3v) is 5.67.